The molecule has 0 spiro atoms. The monoisotopic (exact) mass is 477 g/mol. The van der Waals surface area contributed by atoms with Crippen LogP contribution < -0.4 is 10.1 Å². The Morgan fingerprint density at radius 2 is 1.69 bits per heavy atom. The lowest BCUT2D eigenvalue weighted by atomic mass is 10.0. The molecular formula is C26H21F2N3O4. The summed E-state index contributed by atoms with van der Waals surface area (Å²) in [5.74, 6) is -2.45. The molecule has 3 aromatic rings. The number of hydrogen-bond donors (Lipinski definition) is 1. The molecule has 35 heavy (non-hydrogen) atoms. The van der Waals surface area contributed by atoms with E-state index in [9.17, 15) is 23.2 Å². The van der Waals surface area contributed by atoms with Crippen molar-refractivity contribution < 1.29 is 27.9 Å². The van der Waals surface area contributed by atoms with Crippen molar-refractivity contribution in [2.24, 2.45) is 0 Å². The number of para-hydroxylation sites is 1. The van der Waals surface area contributed by atoms with Crippen LogP contribution in [0.4, 0.5) is 14.5 Å². The minimum atomic E-state index is -0.992. The lowest BCUT2D eigenvalue weighted by Crippen LogP contribution is -2.60. The van der Waals surface area contributed by atoms with Crippen molar-refractivity contribution in [2.45, 2.75) is 6.04 Å². The maximum atomic E-state index is 13.7. The number of amides is 3. The molecule has 5 rings (SSSR count). The van der Waals surface area contributed by atoms with E-state index in [1.165, 1.54) is 15.9 Å². The molecule has 1 atom stereocenters. The van der Waals surface area contributed by atoms with Crippen molar-refractivity contribution in [2.75, 3.05) is 31.6 Å². The van der Waals surface area contributed by atoms with Gasteiger partial charge in [0.1, 0.15) is 11.8 Å². The number of nitrogens with one attached hydrogen (secondary N) is 1. The van der Waals surface area contributed by atoms with Gasteiger partial charge in [0, 0.05) is 13.1 Å². The van der Waals surface area contributed by atoms with Gasteiger partial charge in [-0.25, -0.2) is 8.78 Å². The SMILES string of the molecule is O=C1Nc2ccc(-c3ccc(F)c(F)c3)cc2C(=O)N2CCN(C(=O)COc3ccccc3)CC12. The summed E-state index contributed by atoms with van der Waals surface area (Å²) in [5.41, 5.74) is 1.48. The quantitative estimate of drug-likeness (QED) is 0.626. The van der Waals surface area contributed by atoms with Crippen molar-refractivity contribution in [3.63, 3.8) is 0 Å². The van der Waals surface area contributed by atoms with Gasteiger partial charge in [-0.3, -0.25) is 14.4 Å². The maximum Gasteiger partial charge on any atom is 0.260 e. The third-order valence-electron chi connectivity index (χ3n) is 6.16. The van der Waals surface area contributed by atoms with Crippen LogP contribution in [-0.4, -0.2) is 59.8 Å². The average molecular weight is 477 g/mol. The molecule has 2 aliphatic rings. The third kappa shape index (κ3) is 4.44. The van der Waals surface area contributed by atoms with E-state index in [4.69, 9.17) is 4.74 Å². The molecule has 2 aliphatic heterocycles. The van der Waals surface area contributed by atoms with Crippen LogP contribution in [0.3, 0.4) is 0 Å². The highest BCUT2D eigenvalue weighted by molar-refractivity contribution is 6.10. The van der Waals surface area contributed by atoms with Crippen molar-refractivity contribution in [1.82, 2.24) is 9.80 Å². The molecule has 0 saturated carbocycles. The Balaban J connectivity index is 1.34. The van der Waals surface area contributed by atoms with E-state index < -0.39 is 23.6 Å². The Labute approximate surface area is 199 Å². The van der Waals surface area contributed by atoms with Gasteiger partial charge in [-0.05, 0) is 47.5 Å². The number of carbonyl (C=O) groups is 3. The Morgan fingerprint density at radius 3 is 2.46 bits per heavy atom. The molecular weight excluding hydrogens is 456 g/mol. The fourth-order valence-electron chi connectivity index (χ4n) is 4.29. The number of anilines is 1. The van der Waals surface area contributed by atoms with E-state index in [0.29, 0.717) is 22.6 Å². The van der Waals surface area contributed by atoms with Gasteiger partial charge in [0.15, 0.2) is 18.2 Å². The zero-order valence-corrected chi connectivity index (χ0v) is 18.5. The molecule has 3 amide bonds. The fraction of sp³-hybridized carbons (Fsp3) is 0.192. The molecule has 1 unspecified atom stereocenters. The van der Waals surface area contributed by atoms with Crippen molar-refractivity contribution in [3.8, 4) is 16.9 Å². The Bertz CT molecular complexity index is 1320. The predicted octanol–water partition coefficient (Wildman–Crippen LogP) is 3.32. The number of benzene rings is 3. The number of fused-ring (bicyclic) bond motifs is 2. The van der Waals surface area contributed by atoms with E-state index in [1.807, 2.05) is 6.07 Å². The molecule has 0 bridgehead atoms. The van der Waals surface area contributed by atoms with Crippen LogP contribution in [-0.2, 0) is 9.59 Å². The van der Waals surface area contributed by atoms with Crippen LogP contribution in [0.25, 0.3) is 11.1 Å². The molecule has 1 fully saturated rings. The summed E-state index contributed by atoms with van der Waals surface area (Å²) in [6.45, 7) is 0.288. The minimum Gasteiger partial charge on any atom is -0.484 e. The number of hydrogen-bond acceptors (Lipinski definition) is 4. The highest BCUT2D eigenvalue weighted by Gasteiger charge is 2.40. The van der Waals surface area contributed by atoms with Gasteiger partial charge in [-0.2, -0.15) is 0 Å². The van der Waals surface area contributed by atoms with Crippen LogP contribution >= 0.6 is 0 Å². The normalized spacial score (nSPS) is 17.3. The van der Waals surface area contributed by atoms with Crippen molar-refractivity contribution >= 4 is 23.4 Å². The van der Waals surface area contributed by atoms with Gasteiger partial charge >= 0.3 is 0 Å². The van der Waals surface area contributed by atoms with Gasteiger partial charge in [0.25, 0.3) is 11.8 Å². The summed E-state index contributed by atoms with van der Waals surface area (Å²) in [6, 6.07) is 16.3. The zero-order valence-electron chi connectivity index (χ0n) is 18.5. The summed E-state index contributed by atoms with van der Waals surface area (Å²) in [5, 5.41) is 2.76. The molecule has 9 heteroatoms. The molecule has 2 heterocycles. The molecule has 7 nitrogen and oxygen atoms in total. The van der Waals surface area contributed by atoms with Gasteiger partial charge in [0.05, 0.1) is 17.8 Å². The van der Waals surface area contributed by atoms with E-state index in [-0.39, 0.29) is 43.6 Å². The van der Waals surface area contributed by atoms with Gasteiger partial charge in [0.2, 0.25) is 5.91 Å². The van der Waals surface area contributed by atoms with E-state index in [1.54, 1.807) is 42.5 Å². The maximum absolute atomic E-state index is 13.7. The van der Waals surface area contributed by atoms with E-state index in [2.05, 4.69) is 5.32 Å². The number of halogens is 2. The molecule has 0 radical (unpaired) electrons. The van der Waals surface area contributed by atoms with Crippen LogP contribution in [0.5, 0.6) is 5.75 Å². The van der Waals surface area contributed by atoms with Gasteiger partial charge in [-0.15, -0.1) is 0 Å². The number of rotatable bonds is 4. The summed E-state index contributed by atoms with van der Waals surface area (Å²) in [6.07, 6.45) is 0. The first-order valence-electron chi connectivity index (χ1n) is 11.1. The Kier molecular flexibility index (Phi) is 5.90. The zero-order chi connectivity index (χ0) is 24.5. The first-order chi connectivity index (χ1) is 16.9. The number of nitrogens with zero attached hydrogens (tertiary/aromatic N) is 2. The van der Waals surface area contributed by atoms with Crippen molar-refractivity contribution in [1.29, 1.82) is 0 Å². The average Bonchev–Trinajstić information content (AvgIpc) is 2.98. The van der Waals surface area contributed by atoms with Crippen molar-refractivity contribution in [3.05, 3.63) is 83.9 Å². The predicted molar refractivity (Wildman–Crippen MR) is 124 cm³/mol. The smallest absolute Gasteiger partial charge is 0.260 e. The number of carbonyl (C=O) groups excluding carboxylic acids is 3. The number of ether oxygens (including phenoxy) is 1. The molecule has 0 aromatic heterocycles. The molecule has 0 aliphatic carbocycles. The first kappa shape index (κ1) is 22.5. The topological polar surface area (TPSA) is 79.0 Å². The van der Waals surface area contributed by atoms with Gasteiger partial charge in [-0.1, -0.05) is 30.3 Å². The Morgan fingerprint density at radius 1 is 0.943 bits per heavy atom. The largest absolute Gasteiger partial charge is 0.484 e. The van der Waals surface area contributed by atoms with Crippen LogP contribution in [0.2, 0.25) is 0 Å². The van der Waals surface area contributed by atoms with Crippen LogP contribution in [0.15, 0.2) is 66.7 Å². The lowest BCUT2D eigenvalue weighted by Gasteiger charge is -2.39. The van der Waals surface area contributed by atoms with Crippen LogP contribution in [0, 0.1) is 11.6 Å². The van der Waals surface area contributed by atoms with E-state index >= 15 is 0 Å². The lowest BCUT2D eigenvalue weighted by molar-refractivity contribution is -0.137. The molecule has 1 N–H and O–H groups in total. The Hall–Kier alpha value is -4.27. The summed E-state index contributed by atoms with van der Waals surface area (Å²) >= 11 is 0. The summed E-state index contributed by atoms with van der Waals surface area (Å²) < 4.78 is 32.6. The number of piperazine rings is 1. The first-order valence-corrected chi connectivity index (χ1v) is 11.1. The van der Waals surface area contributed by atoms with Gasteiger partial charge < -0.3 is 19.9 Å². The fourth-order valence-corrected chi connectivity index (χ4v) is 4.29. The van der Waals surface area contributed by atoms with Crippen LogP contribution in [0.1, 0.15) is 10.4 Å². The second-order valence-electron chi connectivity index (χ2n) is 8.33. The summed E-state index contributed by atoms with van der Waals surface area (Å²) in [7, 11) is 0. The second-order valence-corrected chi connectivity index (χ2v) is 8.33. The highest BCUT2D eigenvalue weighted by Crippen LogP contribution is 2.31. The summed E-state index contributed by atoms with van der Waals surface area (Å²) in [4.78, 5) is 42.0. The molecule has 1 saturated heterocycles. The molecule has 3 aromatic carbocycles. The standard InChI is InChI=1S/C26H21F2N3O4/c27-20-8-6-17(13-21(20)28)16-7-9-22-19(12-16)26(34)31-11-10-30(14-23(31)25(33)29-22)24(32)15-35-18-4-2-1-3-5-18/h1-9,12-13,23H,10-11,14-15H2,(H,29,33). The highest BCUT2D eigenvalue weighted by atomic mass is 19.2. The molecule has 178 valence electrons. The van der Waals surface area contributed by atoms with E-state index in [0.717, 1.165) is 12.1 Å². The second kappa shape index (κ2) is 9.17. The third-order valence-corrected chi connectivity index (χ3v) is 6.16. The minimum absolute atomic E-state index is 0.0403.